The predicted octanol–water partition coefficient (Wildman–Crippen LogP) is 3.30. The Balaban J connectivity index is 2.16. The van der Waals surface area contributed by atoms with E-state index in [2.05, 4.69) is 11.2 Å². The molecular formula is C19H25NO3. The van der Waals surface area contributed by atoms with Crippen molar-refractivity contribution in [3.63, 3.8) is 0 Å². The van der Waals surface area contributed by atoms with E-state index in [4.69, 9.17) is 11.2 Å². The summed E-state index contributed by atoms with van der Waals surface area (Å²) in [7, 11) is 0. The molecule has 124 valence electrons. The van der Waals surface area contributed by atoms with Crippen LogP contribution in [0.4, 0.5) is 0 Å². The number of hydrogen-bond acceptors (Lipinski definition) is 3. The van der Waals surface area contributed by atoms with Gasteiger partial charge in [0.2, 0.25) is 0 Å². The number of benzene rings is 1. The SMILES string of the molecule is C#Cc1ccc(C(=O)NCCCCCC(=O)OC(C)(C)C)cc1. The average Bonchev–Trinajstić information content (AvgIpc) is 2.48. The van der Waals surface area contributed by atoms with Crippen molar-refractivity contribution in [1.29, 1.82) is 0 Å². The Bertz CT molecular complexity index is 562. The van der Waals surface area contributed by atoms with Gasteiger partial charge in [-0.3, -0.25) is 9.59 Å². The van der Waals surface area contributed by atoms with Gasteiger partial charge < -0.3 is 10.1 Å². The maximum Gasteiger partial charge on any atom is 0.306 e. The molecule has 0 fully saturated rings. The number of nitrogens with one attached hydrogen (secondary N) is 1. The van der Waals surface area contributed by atoms with Crippen LogP contribution in [0.2, 0.25) is 0 Å². The molecule has 0 atom stereocenters. The predicted molar refractivity (Wildman–Crippen MR) is 91.0 cm³/mol. The van der Waals surface area contributed by atoms with E-state index in [1.54, 1.807) is 24.3 Å². The minimum Gasteiger partial charge on any atom is -0.460 e. The lowest BCUT2D eigenvalue weighted by Crippen LogP contribution is -2.24. The molecule has 0 aliphatic heterocycles. The standard InChI is InChI=1S/C19H25NO3/c1-5-15-10-12-16(13-11-15)18(22)20-14-8-6-7-9-17(21)23-19(2,3)4/h1,10-13H,6-9,14H2,2-4H3,(H,20,22). The summed E-state index contributed by atoms with van der Waals surface area (Å²) in [5.74, 6) is 2.23. The van der Waals surface area contributed by atoms with E-state index in [0.29, 0.717) is 18.5 Å². The van der Waals surface area contributed by atoms with Crippen molar-refractivity contribution in [2.75, 3.05) is 6.54 Å². The van der Waals surface area contributed by atoms with Crippen molar-refractivity contribution in [3.8, 4) is 12.3 Å². The van der Waals surface area contributed by atoms with Gasteiger partial charge in [0.1, 0.15) is 5.60 Å². The van der Waals surface area contributed by atoms with E-state index in [1.165, 1.54) is 0 Å². The molecule has 1 rings (SSSR count). The van der Waals surface area contributed by atoms with Crippen molar-refractivity contribution in [3.05, 3.63) is 35.4 Å². The third-order valence-corrected chi connectivity index (χ3v) is 3.08. The second-order valence-electron chi connectivity index (χ2n) is 6.37. The lowest BCUT2D eigenvalue weighted by molar-refractivity contribution is -0.154. The van der Waals surface area contributed by atoms with Crippen LogP contribution in [-0.2, 0) is 9.53 Å². The molecule has 0 spiro atoms. The zero-order valence-corrected chi connectivity index (χ0v) is 14.1. The molecule has 23 heavy (non-hydrogen) atoms. The normalized spacial score (nSPS) is 10.7. The molecule has 0 aromatic heterocycles. The molecule has 0 unspecified atom stereocenters. The molecule has 4 nitrogen and oxygen atoms in total. The molecule has 0 saturated carbocycles. The van der Waals surface area contributed by atoms with Crippen molar-refractivity contribution in [1.82, 2.24) is 5.32 Å². The molecule has 1 aromatic carbocycles. The van der Waals surface area contributed by atoms with E-state index < -0.39 is 5.60 Å². The van der Waals surface area contributed by atoms with Crippen molar-refractivity contribution in [2.45, 2.75) is 52.1 Å². The molecule has 0 bridgehead atoms. The summed E-state index contributed by atoms with van der Waals surface area (Å²) in [6.07, 6.45) is 8.16. The minimum atomic E-state index is -0.431. The zero-order chi connectivity index (χ0) is 17.3. The van der Waals surface area contributed by atoms with Gasteiger partial charge in [0, 0.05) is 24.1 Å². The summed E-state index contributed by atoms with van der Waals surface area (Å²) in [4.78, 5) is 23.4. The Hall–Kier alpha value is -2.28. The highest BCUT2D eigenvalue weighted by molar-refractivity contribution is 5.94. The van der Waals surface area contributed by atoms with Crippen LogP contribution in [0.25, 0.3) is 0 Å². The first-order valence-corrected chi connectivity index (χ1v) is 7.88. The van der Waals surface area contributed by atoms with E-state index in [0.717, 1.165) is 24.8 Å². The lowest BCUT2D eigenvalue weighted by atomic mass is 10.1. The summed E-state index contributed by atoms with van der Waals surface area (Å²) >= 11 is 0. The molecule has 1 amide bonds. The van der Waals surface area contributed by atoms with Crippen LogP contribution in [-0.4, -0.2) is 24.0 Å². The van der Waals surface area contributed by atoms with Crippen molar-refractivity contribution < 1.29 is 14.3 Å². The van der Waals surface area contributed by atoms with Gasteiger partial charge in [-0.15, -0.1) is 6.42 Å². The van der Waals surface area contributed by atoms with Gasteiger partial charge >= 0.3 is 5.97 Å². The van der Waals surface area contributed by atoms with Gasteiger partial charge in [0.25, 0.3) is 5.91 Å². The number of esters is 1. The summed E-state index contributed by atoms with van der Waals surface area (Å²) < 4.78 is 5.24. The second kappa shape index (κ2) is 8.99. The van der Waals surface area contributed by atoms with Crippen LogP contribution in [0.5, 0.6) is 0 Å². The number of carbonyl (C=O) groups excluding carboxylic acids is 2. The zero-order valence-electron chi connectivity index (χ0n) is 14.1. The second-order valence-corrected chi connectivity index (χ2v) is 6.37. The maximum absolute atomic E-state index is 11.9. The number of ether oxygens (including phenoxy) is 1. The number of unbranched alkanes of at least 4 members (excludes halogenated alkanes) is 2. The molecule has 0 heterocycles. The largest absolute Gasteiger partial charge is 0.460 e. The number of amides is 1. The summed E-state index contributed by atoms with van der Waals surface area (Å²) in [5.41, 5.74) is 0.918. The Labute approximate surface area is 138 Å². The monoisotopic (exact) mass is 315 g/mol. The van der Waals surface area contributed by atoms with Crippen LogP contribution in [0.15, 0.2) is 24.3 Å². The van der Waals surface area contributed by atoms with Crippen LogP contribution >= 0.6 is 0 Å². The third-order valence-electron chi connectivity index (χ3n) is 3.08. The molecule has 1 aromatic rings. The van der Waals surface area contributed by atoms with Gasteiger partial charge in [-0.05, 0) is 57.9 Å². The molecular weight excluding hydrogens is 290 g/mol. The van der Waals surface area contributed by atoms with Gasteiger partial charge in [-0.25, -0.2) is 0 Å². The molecule has 0 aliphatic rings. The summed E-state index contributed by atoms with van der Waals surface area (Å²) in [6, 6.07) is 6.92. The van der Waals surface area contributed by atoms with Gasteiger partial charge in [-0.1, -0.05) is 12.3 Å². The molecule has 4 heteroatoms. The number of rotatable bonds is 7. The van der Waals surface area contributed by atoms with Crippen molar-refractivity contribution in [2.24, 2.45) is 0 Å². The van der Waals surface area contributed by atoms with Gasteiger partial charge in [0.15, 0.2) is 0 Å². The average molecular weight is 315 g/mol. The molecule has 0 radical (unpaired) electrons. The number of terminal acetylenes is 1. The van der Waals surface area contributed by atoms with Gasteiger partial charge in [-0.2, -0.15) is 0 Å². The van der Waals surface area contributed by atoms with Crippen LogP contribution in [0, 0.1) is 12.3 Å². The highest BCUT2D eigenvalue weighted by Crippen LogP contribution is 2.10. The summed E-state index contributed by atoms with van der Waals surface area (Å²) in [6.45, 7) is 6.16. The Morgan fingerprint density at radius 1 is 1.13 bits per heavy atom. The maximum atomic E-state index is 11.9. The molecule has 1 N–H and O–H groups in total. The molecule has 0 saturated heterocycles. The van der Waals surface area contributed by atoms with E-state index in [1.807, 2.05) is 20.8 Å². The quantitative estimate of drug-likeness (QED) is 0.477. The fraction of sp³-hybridized carbons (Fsp3) is 0.474. The first-order valence-electron chi connectivity index (χ1n) is 7.88. The highest BCUT2D eigenvalue weighted by Gasteiger charge is 2.15. The van der Waals surface area contributed by atoms with Gasteiger partial charge in [0.05, 0.1) is 0 Å². The number of hydrogen-bond donors (Lipinski definition) is 1. The fourth-order valence-electron chi connectivity index (χ4n) is 1.99. The highest BCUT2D eigenvalue weighted by atomic mass is 16.6. The van der Waals surface area contributed by atoms with E-state index in [9.17, 15) is 9.59 Å². The first-order chi connectivity index (χ1) is 10.8. The van der Waals surface area contributed by atoms with Crippen molar-refractivity contribution >= 4 is 11.9 Å². The third kappa shape index (κ3) is 8.06. The van der Waals surface area contributed by atoms with Crippen LogP contribution in [0.3, 0.4) is 0 Å². The van der Waals surface area contributed by atoms with Crippen LogP contribution in [0.1, 0.15) is 62.4 Å². The van der Waals surface area contributed by atoms with E-state index >= 15 is 0 Å². The minimum absolute atomic E-state index is 0.110. The van der Waals surface area contributed by atoms with Crippen LogP contribution < -0.4 is 5.32 Å². The first kappa shape index (κ1) is 18.8. The summed E-state index contributed by atoms with van der Waals surface area (Å²) in [5, 5.41) is 2.86. The van der Waals surface area contributed by atoms with E-state index in [-0.39, 0.29) is 11.9 Å². The Morgan fingerprint density at radius 3 is 2.35 bits per heavy atom. The fourth-order valence-corrected chi connectivity index (χ4v) is 1.99. The Kier molecular flexibility index (Phi) is 7.34. The Morgan fingerprint density at radius 2 is 1.78 bits per heavy atom. The lowest BCUT2D eigenvalue weighted by Gasteiger charge is -2.19. The topological polar surface area (TPSA) is 55.4 Å². The smallest absolute Gasteiger partial charge is 0.306 e. The molecule has 0 aliphatic carbocycles. The number of carbonyl (C=O) groups is 2.